The molecule has 1 aromatic rings. The number of carbonyl (C=O) groups is 1. The van der Waals surface area contributed by atoms with E-state index < -0.39 is 0 Å². The van der Waals surface area contributed by atoms with Crippen LogP contribution in [0.5, 0.6) is 0 Å². The van der Waals surface area contributed by atoms with Gasteiger partial charge in [0.1, 0.15) is 0 Å². The monoisotopic (exact) mass is 331 g/mol. The number of nitrogens with zero attached hydrogens (tertiary/aromatic N) is 1. The van der Waals surface area contributed by atoms with Crippen LogP contribution in [0.3, 0.4) is 0 Å². The molecule has 1 saturated heterocycles. The quantitative estimate of drug-likeness (QED) is 0.869. The molecular weight excluding hydrogens is 298 g/mol. The fourth-order valence-corrected chi connectivity index (χ4v) is 3.17. The van der Waals surface area contributed by atoms with Gasteiger partial charge < -0.3 is 15.5 Å². The van der Waals surface area contributed by atoms with E-state index in [4.69, 9.17) is 0 Å². The molecule has 0 aromatic heterocycles. The van der Waals surface area contributed by atoms with Gasteiger partial charge in [0, 0.05) is 24.2 Å². The minimum atomic E-state index is -0.381. The van der Waals surface area contributed by atoms with Crippen LogP contribution in [0.25, 0.3) is 0 Å². The smallest absolute Gasteiger partial charge is 0.229 e. The van der Waals surface area contributed by atoms with Crippen molar-refractivity contribution in [1.29, 1.82) is 0 Å². The first-order valence-corrected chi connectivity index (χ1v) is 9.06. The molecule has 1 amide bonds. The summed E-state index contributed by atoms with van der Waals surface area (Å²) in [5, 5.41) is 6.67. The van der Waals surface area contributed by atoms with Gasteiger partial charge in [-0.05, 0) is 63.0 Å². The molecule has 134 valence electrons. The Bertz CT molecular complexity index is 562. The predicted octanol–water partition coefficient (Wildman–Crippen LogP) is 3.41. The summed E-state index contributed by atoms with van der Waals surface area (Å²) in [5.41, 5.74) is 2.95. The average Bonchev–Trinajstić information content (AvgIpc) is 2.50. The molecule has 1 aliphatic rings. The maximum Gasteiger partial charge on any atom is 0.229 e. The minimum absolute atomic E-state index is 0.0564. The van der Waals surface area contributed by atoms with E-state index in [9.17, 15) is 4.79 Å². The van der Waals surface area contributed by atoms with Crippen molar-refractivity contribution in [2.24, 2.45) is 11.3 Å². The van der Waals surface area contributed by atoms with Crippen molar-refractivity contribution < 1.29 is 4.79 Å². The van der Waals surface area contributed by atoms with Gasteiger partial charge >= 0.3 is 0 Å². The van der Waals surface area contributed by atoms with Crippen molar-refractivity contribution >= 4 is 11.6 Å². The molecule has 0 spiro atoms. The maximum absolute atomic E-state index is 12.2. The zero-order chi connectivity index (χ0) is 17.7. The highest BCUT2D eigenvalue weighted by Crippen LogP contribution is 2.23. The largest absolute Gasteiger partial charge is 0.325 e. The van der Waals surface area contributed by atoms with Crippen LogP contribution in [0.1, 0.15) is 44.7 Å². The summed E-state index contributed by atoms with van der Waals surface area (Å²) in [4.78, 5) is 14.6. The van der Waals surface area contributed by atoms with Crippen LogP contribution in [0.15, 0.2) is 18.2 Å². The molecule has 24 heavy (non-hydrogen) atoms. The number of amides is 1. The second kappa shape index (κ2) is 8.13. The predicted molar refractivity (Wildman–Crippen MR) is 101 cm³/mol. The Kier molecular flexibility index (Phi) is 6.41. The van der Waals surface area contributed by atoms with E-state index >= 15 is 0 Å². The van der Waals surface area contributed by atoms with Crippen LogP contribution in [-0.4, -0.2) is 37.5 Å². The lowest BCUT2D eigenvalue weighted by Gasteiger charge is -2.29. The van der Waals surface area contributed by atoms with Gasteiger partial charge in [-0.15, -0.1) is 0 Å². The van der Waals surface area contributed by atoms with E-state index in [2.05, 4.69) is 35.6 Å². The number of hydrogen-bond acceptors (Lipinski definition) is 3. The first-order chi connectivity index (χ1) is 11.3. The molecule has 4 nitrogen and oxygen atoms in total. The van der Waals surface area contributed by atoms with Crippen molar-refractivity contribution in [3.63, 3.8) is 0 Å². The summed E-state index contributed by atoms with van der Waals surface area (Å²) in [6.45, 7) is 12.2. The summed E-state index contributed by atoms with van der Waals surface area (Å²) in [6, 6.07) is 6.15. The SMILES string of the molecule is Cc1c(CNCC2CCCN(C)C2)cccc1NC(=O)C(C)(C)C. The van der Waals surface area contributed by atoms with Crippen LogP contribution < -0.4 is 10.6 Å². The molecule has 2 N–H and O–H groups in total. The van der Waals surface area contributed by atoms with E-state index in [1.807, 2.05) is 32.9 Å². The van der Waals surface area contributed by atoms with Crippen molar-refractivity contribution in [1.82, 2.24) is 10.2 Å². The third-order valence-corrected chi connectivity index (χ3v) is 4.85. The summed E-state index contributed by atoms with van der Waals surface area (Å²) in [5.74, 6) is 0.800. The Morgan fingerprint density at radius 1 is 1.33 bits per heavy atom. The third kappa shape index (κ3) is 5.32. The Hall–Kier alpha value is -1.39. The van der Waals surface area contributed by atoms with Gasteiger partial charge in [0.05, 0.1) is 0 Å². The zero-order valence-corrected chi connectivity index (χ0v) is 15.9. The van der Waals surface area contributed by atoms with Crippen molar-refractivity contribution in [3.8, 4) is 0 Å². The van der Waals surface area contributed by atoms with Gasteiger partial charge in [-0.3, -0.25) is 4.79 Å². The fraction of sp³-hybridized carbons (Fsp3) is 0.650. The Labute approximate surface area is 147 Å². The molecule has 1 atom stereocenters. The highest BCUT2D eigenvalue weighted by Gasteiger charge is 2.22. The first-order valence-electron chi connectivity index (χ1n) is 9.06. The summed E-state index contributed by atoms with van der Waals surface area (Å²) in [6.07, 6.45) is 2.62. The normalized spacial score (nSPS) is 19.3. The fourth-order valence-electron chi connectivity index (χ4n) is 3.17. The third-order valence-electron chi connectivity index (χ3n) is 4.85. The number of piperidine rings is 1. The van der Waals surface area contributed by atoms with Gasteiger partial charge in [0.2, 0.25) is 5.91 Å². The highest BCUT2D eigenvalue weighted by molar-refractivity contribution is 5.95. The van der Waals surface area contributed by atoms with Gasteiger partial charge in [0.15, 0.2) is 0 Å². The molecule has 0 aliphatic carbocycles. The molecule has 1 unspecified atom stereocenters. The number of carbonyl (C=O) groups excluding carboxylic acids is 1. The first kappa shape index (κ1) is 18.9. The molecular formula is C20H33N3O. The molecule has 0 saturated carbocycles. The zero-order valence-electron chi connectivity index (χ0n) is 15.9. The number of rotatable bonds is 5. The van der Waals surface area contributed by atoms with Gasteiger partial charge in [-0.25, -0.2) is 0 Å². The summed E-state index contributed by atoms with van der Waals surface area (Å²) >= 11 is 0. The van der Waals surface area contributed by atoms with Crippen molar-refractivity contribution in [3.05, 3.63) is 29.3 Å². The second-order valence-corrected chi connectivity index (χ2v) is 8.20. The summed E-state index contributed by atoms with van der Waals surface area (Å²) in [7, 11) is 2.21. The number of hydrogen-bond donors (Lipinski definition) is 2. The van der Waals surface area contributed by atoms with Gasteiger partial charge in [-0.2, -0.15) is 0 Å². The Balaban J connectivity index is 1.91. The minimum Gasteiger partial charge on any atom is -0.325 e. The number of anilines is 1. The molecule has 1 aliphatic heterocycles. The van der Waals surface area contributed by atoms with Crippen molar-refractivity contribution in [2.45, 2.75) is 47.1 Å². The second-order valence-electron chi connectivity index (χ2n) is 8.20. The highest BCUT2D eigenvalue weighted by atomic mass is 16.2. The molecule has 0 radical (unpaired) electrons. The van der Waals surface area contributed by atoms with Crippen LogP contribution in [0, 0.1) is 18.3 Å². The maximum atomic E-state index is 12.2. The molecule has 4 heteroatoms. The molecule has 1 heterocycles. The average molecular weight is 332 g/mol. The molecule has 1 fully saturated rings. The number of likely N-dealkylation sites (tertiary alicyclic amines) is 1. The van der Waals surface area contributed by atoms with E-state index in [0.29, 0.717) is 0 Å². The van der Waals surface area contributed by atoms with Crippen LogP contribution in [-0.2, 0) is 11.3 Å². The van der Waals surface area contributed by atoms with Crippen molar-refractivity contribution in [2.75, 3.05) is 32.0 Å². The molecule has 0 bridgehead atoms. The van der Waals surface area contributed by atoms with E-state index in [1.54, 1.807) is 0 Å². The lowest BCUT2D eigenvalue weighted by molar-refractivity contribution is -0.123. The van der Waals surface area contributed by atoms with Gasteiger partial charge in [0.25, 0.3) is 0 Å². The topological polar surface area (TPSA) is 44.4 Å². The molecule has 2 rings (SSSR count). The van der Waals surface area contributed by atoms with Crippen LogP contribution in [0.2, 0.25) is 0 Å². The molecule has 1 aromatic carbocycles. The number of nitrogens with one attached hydrogen (secondary N) is 2. The Morgan fingerprint density at radius 3 is 2.75 bits per heavy atom. The summed E-state index contributed by atoms with van der Waals surface area (Å²) < 4.78 is 0. The lowest BCUT2D eigenvalue weighted by atomic mass is 9.95. The standard InChI is InChI=1S/C20H33N3O/c1-15-17(13-21-12-16-8-7-11-23(5)14-16)9-6-10-18(15)22-19(24)20(2,3)4/h6,9-10,16,21H,7-8,11-14H2,1-5H3,(H,22,24). The Morgan fingerprint density at radius 2 is 2.08 bits per heavy atom. The van der Waals surface area contributed by atoms with Gasteiger partial charge in [-0.1, -0.05) is 32.9 Å². The van der Waals surface area contributed by atoms with Crippen LogP contribution >= 0.6 is 0 Å². The number of benzene rings is 1. The van der Waals surface area contributed by atoms with E-state index in [1.165, 1.54) is 31.5 Å². The lowest BCUT2D eigenvalue weighted by Crippen LogP contribution is -2.37. The van der Waals surface area contributed by atoms with E-state index in [0.717, 1.165) is 30.3 Å². The van der Waals surface area contributed by atoms with E-state index in [-0.39, 0.29) is 11.3 Å². The van der Waals surface area contributed by atoms with Crippen LogP contribution in [0.4, 0.5) is 5.69 Å².